The van der Waals surface area contributed by atoms with Gasteiger partial charge in [0.25, 0.3) is 0 Å². The fourth-order valence-electron chi connectivity index (χ4n) is 3.43. The van der Waals surface area contributed by atoms with E-state index in [1.165, 1.54) is 4.90 Å². The molecule has 1 heterocycles. The number of carbonyl (C=O) groups excluding carboxylic acids is 2. The highest BCUT2D eigenvalue weighted by molar-refractivity contribution is 5.99. The third-order valence-electron chi connectivity index (χ3n) is 4.93. The van der Waals surface area contributed by atoms with Crippen molar-refractivity contribution in [3.05, 3.63) is 84.4 Å². The third kappa shape index (κ3) is 3.40. The quantitative estimate of drug-likeness (QED) is 0.737. The number of amides is 2. The summed E-state index contributed by atoms with van der Waals surface area (Å²) in [4.78, 5) is 27.1. The summed E-state index contributed by atoms with van der Waals surface area (Å²) in [6, 6.07) is 19.0. The highest BCUT2D eigenvalue weighted by Gasteiger charge is 2.46. The Morgan fingerprint density at radius 3 is 2.42 bits per heavy atom. The SMILES string of the molecule is C=CC[C@](C)(C(=O)N1C(=O)OC[C@H]1Cc1ccccc1)c1ccccc1. The van der Waals surface area contributed by atoms with Gasteiger partial charge < -0.3 is 4.74 Å². The zero-order valence-electron chi connectivity index (χ0n) is 14.9. The van der Waals surface area contributed by atoms with Crippen LogP contribution in [-0.2, 0) is 21.4 Å². The van der Waals surface area contributed by atoms with E-state index in [4.69, 9.17) is 4.74 Å². The molecule has 1 aliphatic heterocycles. The van der Waals surface area contributed by atoms with Crippen molar-refractivity contribution in [2.45, 2.75) is 31.2 Å². The molecule has 4 heteroatoms. The number of ether oxygens (including phenoxy) is 1. The van der Waals surface area contributed by atoms with Crippen molar-refractivity contribution in [1.82, 2.24) is 4.90 Å². The number of cyclic esters (lactones) is 1. The Kier molecular flexibility index (Phi) is 5.21. The highest BCUT2D eigenvalue weighted by Crippen LogP contribution is 2.33. The van der Waals surface area contributed by atoms with Crippen LogP contribution in [0.25, 0.3) is 0 Å². The van der Waals surface area contributed by atoms with E-state index in [9.17, 15) is 9.59 Å². The van der Waals surface area contributed by atoms with Crippen molar-refractivity contribution >= 4 is 12.0 Å². The molecule has 2 aromatic carbocycles. The molecule has 0 spiro atoms. The first kappa shape index (κ1) is 17.9. The first-order valence-corrected chi connectivity index (χ1v) is 8.77. The van der Waals surface area contributed by atoms with E-state index < -0.39 is 11.5 Å². The van der Waals surface area contributed by atoms with Crippen LogP contribution in [0.4, 0.5) is 4.79 Å². The van der Waals surface area contributed by atoms with Crippen molar-refractivity contribution in [1.29, 1.82) is 0 Å². The topological polar surface area (TPSA) is 46.6 Å². The van der Waals surface area contributed by atoms with Crippen LogP contribution in [0.5, 0.6) is 0 Å². The molecule has 0 radical (unpaired) electrons. The molecule has 0 aliphatic carbocycles. The molecule has 26 heavy (non-hydrogen) atoms. The number of rotatable bonds is 6. The van der Waals surface area contributed by atoms with Crippen LogP contribution in [-0.4, -0.2) is 29.5 Å². The number of benzene rings is 2. The predicted octanol–water partition coefficient (Wildman–Crippen LogP) is 4.11. The van der Waals surface area contributed by atoms with E-state index >= 15 is 0 Å². The van der Waals surface area contributed by atoms with Crippen LogP contribution in [0.15, 0.2) is 73.3 Å². The van der Waals surface area contributed by atoms with Gasteiger partial charge in [0, 0.05) is 0 Å². The standard InChI is InChI=1S/C22H23NO3/c1-3-14-22(2,18-12-8-5-9-13-18)20(24)23-19(16-26-21(23)25)15-17-10-6-4-7-11-17/h3-13,19H,1,14-16H2,2H3/t19-,22+/m1/s1. The smallest absolute Gasteiger partial charge is 0.417 e. The summed E-state index contributed by atoms with van der Waals surface area (Å²) in [5.41, 5.74) is 1.07. The van der Waals surface area contributed by atoms with Gasteiger partial charge in [0.15, 0.2) is 0 Å². The summed E-state index contributed by atoms with van der Waals surface area (Å²) in [6.45, 7) is 5.88. The molecule has 2 aromatic rings. The predicted molar refractivity (Wildman–Crippen MR) is 101 cm³/mol. The zero-order chi connectivity index (χ0) is 18.6. The van der Waals surface area contributed by atoms with Gasteiger partial charge in [-0.15, -0.1) is 6.58 Å². The van der Waals surface area contributed by atoms with E-state index in [1.54, 1.807) is 6.08 Å². The van der Waals surface area contributed by atoms with Gasteiger partial charge in [0.05, 0.1) is 11.5 Å². The molecule has 2 amide bonds. The number of hydrogen-bond acceptors (Lipinski definition) is 3. The lowest BCUT2D eigenvalue weighted by Crippen LogP contribution is -2.49. The summed E-state index contributed by atoms with van der Waals surface area (Å²) < 4.78 is 5.22. The molecular formula is C22H23NO3. The molecule has 4 nitrogen and oxygen atoms in total. The van der Waals surface area contributed by atoms with Crippen molar-refractivity contribution in [3.8, 4) is 0 Å². The second-order valence-electron chi connectivity index (χ2n) is 6.79. The zero-order valence-corrected chi connectivity index (χ0v) is 14.9. The second-order valence-corrected chi connectivity index (χ2v) is 6.79. The monoisotopic (exact) mass is 349 g/mol. The molecule has 0 bridgehead atoms. The number of allylic oxidation sites excluding steroid dienone is 1. The summed E-state index contributed by atoms with van der Waals surface area (Å²) in [7, 11) is 0. The van der Waals surface area contributed by atoms with Crippen molar-refractivity contribution in [3.63, 3.8) is 0 Å². The van der Waals surface area contributed by atoms with E-state index in [0.717, 1.165) is 11.1 Å². The minimum absolute atomic E-state index is 0.221. The van der Waals surface area contributed by atoms with Gasteiger partial charge in [0.2, 0.25) is 5.91 Å². The van der Waals surface area contributed by atoms with Crippen molar-refractivity contribution in [2.24, 2.45) is 0 Å². The molecule has 3 rings (SSSR count). The van der Waals surface area contributed by atoms with Crippen LogP contribution < -0.4 is 0 Å². The fraction of sp³-hybridized carbons (Fsp3) is 0.273. The van der Waals surface area contributed by atoms with Gasteiger partial charge >= 0.3 is 6.09 Å². The minimum Gasteiger partial charge on any atom is -0.447 e. The normalized spacial score (nSPS) is 18.9. The van der Waals surface area contributed by atoms with Crippen LogP contribution in [0.2, 0.25) is 0 Å². The van der Waals surface area contributed by atoms with Crippen LogP contribution in [0.1, 0.15) is 24.5 Å². The average Bonchev–Trinajstić information content (AvgIpc) is 3.03. The van der Waals surface area contributed by atoms with Crippen LogP contribution in [0.3, 0.4) is 0 Å². The van der Waals surface area contributed by atoms with Crippen LogP contribution >= 0.6 is 0 Å². The lowest BCUT2D eigenvalue weighted by molar-refractivity contribution is -0.134. The lowest BCUT2D eigenvalue weighted by atomic mass is 9.78. The molecule has 0 N–H and O–H groups in total. The molecule has 0 aromatic heterocycles. The first-order valence-electron chi connectivity index (χ1n) is 8.77. The highest BCUT2D eigenvalue weighted by atomic mass is 16.6. The number of nitrogens with zero attached hydrogens (tertiary/aromatic N) is 1. The molecule has 1 fully saturated rings. The minimum atomic E-state index is -0.860. The third-order valence-corrected chi connectivity index (χ3v) is 4.93. The lowest BCUT2D eigenvalue weighted by Gasteiger charge is -2.32. The van der Waals surface area contributed by atoms with Gasteiger partial charge in [-0.1, -0.05) is 66.7 Å². The number of imide groups is 1. The van der Waals surface area contributed by atoms with Gasteiger partial charge in [-0.25, -0.2) is 9.69 Å². The average molecular weight is 349 g/mol. The van der Waals surface area contributed by atoms with E-state index in [-0.39, 0.29) is 18.6 Å². The van der Waals surface area contributed by atoms with Crippen LogP contribution in [0, 0.1) is 0 Å². The largest absolute Gasteiger partial charge is 0.447 e. The maximum atomic E-state index is 13.4. The first-order chi connectivity index (χ1) is 12.6. The Morgan fingerprint density at radius 2 is 1.81 bits per heavy atom. The van der Waals surface area contributed by atoms with Gasteiger partial charge in [-0.05, 0) is 30.9 Å². The molecule has 2 atom stereocenters. The van der Waals surface area contributed by atoms with Gasteiger partial charge in [0.1, 0.15) is 6.61 Å². The summed E-state index contributed by atoms with van der Waals surface area (Å²) >= 11 is 0. The van der Waals surface area contributed by atoms with E-state index in [2.05, 4.69) is 6.58 Å². The number of hydrogen-bond donors (Lipinski definition) is 0. The van der Waals surface area contributed by atoms with Crippen molar-refractivity contribution < 1.29 is 14.3 Å². The fourth-order valence-corrected chi connectivity index (χ4v) is 3.43. The Bertz CT molecular complexity index is 788. The van der Waals surface area contributed by atoms with Gasteiger partial charge in [-0.3, -0.25) is 4.79 Å². The second kappa shape index (κ2) is 7.56. The Balaban J connectivity index is 1.91. The summed E-state index contributed by atoms with van der Waals surface area (Å²) in [6.07, 6.45) is 2.18. The van der Waals surface area contributed by atoms with Crippen molar-refractivity contribution in [2.75, 3.05) is 6.61 Å². The van der Waals surface area contributed by atoms with E-state index in [1.807, 2.05) is 67.6 Å². The maximum absolute atomic E-state index is 13.4. The Labute approximate surface area is 154 Å². The number of carbonyl (C=O) groups is 2. The molecule has 0 unspecified atom stereocenters. The van der Waals surface area contributed by atoms with E-state index in [0.29, 0.717) is 12.8 Å². The molecule has 1 saturated heterocycles. The summed E-state index contributed by atoms with van der Waals surface area (Å²) in [5, 5.41) is 0. The van der Waals surface area contributed by atoms with Gasteiger partial charge in [-0.2, -0.15) is 0 Å². The molecular weight excluding hydrogens is 326 g/mol. The molecule has 1 aliphatic rings. The molecule has 0 saturated carbocycles. The summed E-state index contributed by atoms with van der Waals surface area (Å²) in [5.74, 6) is -0.243. The Morgan fingerprint density at radius 1 is 1.19 bits per heavy atom. The molecule has 134 valence electrons. The Hall–Kier alpha value is -2.88. The maximum Gasteiger partial charge on any atom is 0.417 e.